The number of hydrogen-bond acceptors (Lipinski definition) is 4. The lowest BCUT2D eigenvalue weighted by atomic mass is 10.1. The van der Waals surface area contributed by atoms with Gasteiger partial charge in [-0.1, -0.05) is 30.3 Å². The van der Waals surface area contributed by atoms with Crippen molar-refractivity contribution in [1.29, 1.82) is 0 Å². The van der Waals surface area contributed by atoms with Crippen molar-refractivity contribution in [2.75, 3.05) is 26.3 Å². The number of nitrogens with zero attached hydrogens (tertiary/aromatic N) is 1. The van der Waals surface area contributed by atoms with Crippen LogP contribution in [0.2, 0.25) is 0 Å². The maximum atomic E-state index is 14.2. The number of ether oxygens (including phenoxy) is 1. The molecule has 0 aliphatic carbocycles. The van der Waals surface area contributed by atoms with Crippen molar-refractivity contribution in [3.63, 3.8) is 0 Å². The van der Waals surface area contributed by atoms with E-state index in [-0.39, 0.29) is 29.6 Å². The van der Waals surface area contributed by atoms with Crippen LogP contribution in [0.5, 0.6) is 0 Å². The summed E-state index contributed by atoms with van der Waals surface area (Å²) in [5, 5.41) is 2.70. The van der Waals surface area contributed by atoms with Gasteiger partial charge in [-0.15, -0.1) is 0 Å². The minimum atomic E-state index is -3.81. The molecule has 1 aliphatic rings. The zero-order valence-electron chi connectivity index (χ0n) is 14.9. The van der Waals surface area contributed by atoms with Crippen LogP contribution >= 0.6 is 0 Å². The van der Waals surface area contributed by atoms with E-state index in [1.807, 2.05) is 30.3 Å². The summed E-state index contributed by atoms with van der Waals surface area (Å²) >= 11 is 0. The van der Waals surface area contributed by atoms with Crippen molar-refractivity contribution < 1.29 is 22.3 Å². The highest BCUT2D eigenvalue weighted by molar-refractivity contribution is 7.89. The molecule has 8 heteroatoms. The summed E-state index contributed by atoms with van der Waals surface area (Å²) in [5.41, 5.74) is 0.565. The highest BCUT2D eigenvalue weighted by Crippen LogP contribution is 2.21. The fourth-order valence-corrected chi connectivity index (χ4v) is 4.31. The van der Waals surface area contributed by atoms with Gasteiger partial charge < -0.3 is 10.1 Å². The van der Waals surface area contributed by atoms with Gasteiger partial charge in [0, 0.05) is 13.1 Å². The zero-order chi connectivity index (χ0) is 19.4. The summed E-state index contributed by atoms with van der Waals surface area (Å²) in [6, 6.07) is 12.2. The van der Waals surface area contributed by atoms with Gasteiger partial charge in [0.05, 0.1) is 29.7 Å². The first-order chi connectivity index (χ1) is 12.9. The summed E-state index contributed by atoms with van der Waals surface area (Å²) in [7, 11) is -3.81. The number of benzene rings is 2. The van der Waals surface area contributed by atoms with Crippen molar-refractivity contribution in [1.82, 2.24) is 9.62 Å². The average molecular weight is 392 g/mol. The molecule has 1 aliphatic heterocycles. The predicted octanol–water partition coefficient (Wildman–Crippen LogP) is 2.34. The first-order valence-electron chi connectivity index (χ1n) is 8.63. The lowest BCUT2D eigenvalue weighted by molar-refractivity contribution is 0.0730. The lowest BCUT2D eigenvalue weighted by Gasteiger charge is -2.26. The molecule has 2 aromatic rings. The second kappa shape index (κ2) is 8.16. The lowest BCUT2D eigenvalue weighted by Crippen LogP contribution is -2.40. The van der Waals surface area contributed by atoms with E-state index in [9.17, 15) is 17.6 Å². The fourth-order valence-electron chi connectivity index (χ4n) is 2.87. The second-order valence-electron chi connectivity index (χ2n) is 6.26. The number of nitrogens with one attached hydrogen (secondary N) is 1. The minimum Gasteiger partial charge on any atom is -0.379 e. The van der Waals surface area contributed by atoms with Crippen LogP contribution in [0.4, 0.5) is 4.39 Å². The Labute approximate surface area is 158 Å². The number of morpholine rings is 1. The zero-order valence-corrected chi connectivity index (χ0v) is 15.7. The molecular weight excluding hydrogens is 371 g/mol. The van der Waals surface area contributed by atoms with E-state index in [0.29, 0.717) is 13.2 Å². The maximum Gasteiger partial charge on any atom is 0.254 e. The van der Waals surface area contributed by atoms with E-state index in [0.717, 1.165) is 17.7 Å². The van der Waals surface area contributed by atoms with Crippen molar-refractivity contribution >= 4 is 15.9 Å². The van der Waals surface area contributed by atoms with Crippen LogP contribution in [0.1, 0.15) is 28.9 Å². The van der Waals surface area contributed by atoms with E-state index in [2.05, 4.69) is 5.32 Å². The number of rotatable bonds is 5. The molecule has 3 rings (SSSR count). The number of carbonyl (C=O) groups excluding carboxylic acids is 1. The highest BCUT2D eigenvalue weighted by atomic mass is 32.2. The first-order valence-corrected chi connectivity index (χ1v) is 10.1. The van der Waals surface area contributed by atoms with Crippen LogP contribution < -0.4 is 5.32 Å². The van der Waals surface area contributed by atoms with Crippen molar-refractivity contribution in [2.24, 2.45) is 0 Å². The molecular formula is C19H21FN2O4S. The SMILES string of the molecule is C[C@@H](NC(=O)c1cc(S(=O)(=O)N2CCOCC2)ccc1F)c1ccccc1. The summed E-state index contributed by atoms with van der Waals surface area (Å²) in [6.07, 6.45) is 0. The van der Waals surface area contributed by atoms with Crippen LogP contribution in [0, 0.1) is 5.82 Å². The molecule has 0 radical (unpaired) electrons. The van der Waals surface area contributed by atoms with E-state index in [1.54, 1.807) is 6.92 Å². The van der Waals surface area contributed by atoms with Gasteiger partial charge in [0.15, 0.2) is 0 Å². The Morgan fingerprint density at radius 3 is 2.48 bits per heavy atom. The number of halogens is 1. The molecule has 1 fully saturated rings. The molecule has 0 spiro atoms. The molecule has 1 amide bonds. The molecule has 1 atom stereocenters. The molecule has 0 unspecified atom stereocenters. The Morgan fingerprint density at radius 2 is 1.81 bits per heavy atom. The Bertz CT molecular complexity index is 913. The molecule has 1 N–H and O–H groups in total. The molecule has 27 heavy (non-hydrogen) atoms. The Morgan fingerprint density at radius 1 is 1.15 bits per heavy atom. The van der Waals surface area contributed by atoms with Gasteiger partial charge in [-0.3, -0.25) is 4.79 Å². The average Bonchev–Trinajstić information content (AvgIpc) is 2.69. The molecule has 6 nitrogen and oxygen atoms in total. The summed E-state index contributed by atoms with van der Waals surface area (Å²) in [4.78, 5) is 12.4. The third-order valence-corrected chi connectivity index (χ3v) is 6.33. The van der Waals surface area contributed by atoms with Crippen molar-refractivity contribution in [2.45, 2.75) is 17.9 Å². The topological polar surface area (TPSA) is 75.7 Å². The summed E-state index contributed by atoms with van der Waals surface area (Å²) in [6.45, 7) is 2.85. The van der Waals surface area contributed by atoms with Gasteiger partial charge in [-0.05, 0) is 30.7 Å². The van der Waals surface area contributed by atoms with E-state index < -0.39 is 21.7 Å². The maximum absolute atomic E-state index is 14.2. The molecule has 1 heterocycles. The van der Waals surface area contributed by atoms with Crippen LogP contribution in [0.25, 0.3) is 0 Å². The molecule has 144 valence electrons. The Balaban J connectivity index is 1.83. The van der Waals surface area contributed by atoms with Crippen LogP contribution in [0.3, 0.4) is 0 Å². The van der Waals surface area contributed by atoms with Gasteiger partial charge in [-0.2, -0.15) is 4.31 Å². The van der Waals surface area contributed by atoms with Crippen molar-refractivity contribution in [3.8, 4) is 0 Å². The number of carbonyl (C=O) groups is 1. The van der Waals surface area contributed by atoms with E-state index in [1.165, 1.54) is 10.4 Å². The Hall–Kier alpha value is -2.29. The molecule has 0 saturated carbocycles. The smallest absolute Gasteiger partial charge is 0.254 e. The van der Waals surface area contributed by atoms with Crippen LogP contribution in [-0.2, 0) is 14.8 Å². The van der Waals surface area contributed by atoms with Crippen molar-refractivity contribution in [3.05, 3.63) is 65.5 Å². The largest absolute Gasteiger partial charge is 0.379 e. The third-order valence-electron chi connectivity index (χ3n) is 4.44. The van der Waals surface area contributed by atoms with E-state index >= 15 is 0 Å². The summed E-state index contributed by atoms with van der Waals surface area (Å²) < 4.78 is 46.1. The molecule has 2 aromatic carbocycles. The van der Waals surface area contributed by atoms with E-state index in [4.69, 9.17) is 4.74 Å². The molecule has 0 aromatic heterocycles. The first kappa shape index (κ1) is 19.5. The predicted molar refractivity (Wildman–Crippen MR) is 98.3 cm³/mol. The molecule has 0 bridgehead atoms. The van der Waals surface area contributed by atoms with Gasteiger partial charge in [-0.25, -0.2) is 12.8 Å². The highest BCUT2D eigenvalue weighted by Gasteiger charge is 2.28. The number of hydrogen-bond donors (Lipinski definition) is 1. The van der Waals surface area contributed by atoms with Gasteiger partial charge in [0.1, 0.15) is 5.82 Å². The van der Waals surface area contributed by atoms with Gasteiger partial charge >= 0.3 is 0 Å². The monoisotopic (exact) mass is 392 g/mol. The van der Waals surface area contributed by atoms with Crippen LogP contribution in [-0.4, -0.2) is 44.9 Å². The fraction of sp³-hybridized carbons (Fsp3) is 0.316. The van der Waals surface area contributed by atoms with Crippen LogP contribution in [0.15, 0.2) is 53.4 Å². The third kappa shape index (κ3) is 4.35. The second-order valence-corrected chi connectivity index (χ2v) is 8.20. The molecule has 1 saturated heterocycles. The quantitative estimate of drug-likeness (QED) is 0.848. The minimum absolute atomic E-state index is 0.108. The Kier molecular flexibility index (Phi) is 5.88. The summed E-state index contributed by atoms with van der Waals surface area (Å²) in [5.74, 6) is -1.43. The standard InChI is InChI=1S/C19H21FN2O4S/c1-14(15-5-3-2-4-6-15)21-19(23)17-13-16(7-8-18(17)20)27(24,25)22-9-11-26-12-10-22/h2-8,13-14H,9-12H2,1H3,(H,21,23)/t14-/m1/s1. The number of sulfonamides is 1. The normalized spacial score (nSPS) is 16.7. The number of amides is 1. The van der Waals surface area contributed by atoms with Gasteiger partial charge in [0.2, 0.25) is 10.0 Å². The van der Waals surface area contributed by atoms with Gasteiger partial charge in [0.25, 0.3) is 5.91 Å².